The van der Waals surface area contributed by atoms with E-state index in [0.29, 0.717) is 43.7 Å². The van der Waals surface area contributed by atoms with Crippen LogP contribution in [0.15, 0.2) is 53.1 Å². The summed E-state index contributed by atoms with van der Waals surface area (Å²) in [6, 6.07) is 10.9. The number of anilines is 2. The Morgan fingerprint density at radius 2 is 1.77 bits per heavy atom. The molecule has 3 heterocycles. The van der Waals surface area contributed by atoms with Gasteiger partial charge in [0.1, 0.15) is 5.82 Å². The Morgan fingerprint density at radius 3 is 2.45 bits per heavy atom. The lowest BCUT2D eigenvalue weighted by Gasteiger charge is -2.23. The summed E-state index contributed by atoms with van der Waals surface area (Å²) in [5.74, 6) is -4.68. The van der Waals surface area contributed by atoms with Gasteiger partial charge in [-0.3, -0.25) is 14.4 Å². The fourth-order valence-corrected chi connectivity index (χ4v) is 5.19. The number of nitrogens with zero attached hydrogens (tertiary/aromatic N) is 3. The van der Waals surface area contributed by atoms with E-state index < -0.39 is 41.3 Å². The summed E-state index contributed by atoms with van der Waals surface area (Å²) in [4.78, 5) is 46.8. The number of carboxylic acid groups (broad SMARTS) is 1. The van der Waals surface area contributed by atoms with E-state index in [1.807, 2.05) is 0 Å². The molecule has 3 N–H and O–H groups in total. The molecule has 40 heavy (non-hydrogen) atoms. The van der Waals surface area contributed by atoms with Crippen LogP contribution in [0.5, 0.6) is 0 Å². The number of pyridine rings is 1. The number of oxazole rings is 1. The molecule has 3 aromatic rings. The monoisotopic (exact) mass is 557 g/mol. The number of rotatable bonds is 7. The molecule has 2 aliphatic rings. The molecule has 210 valence electrons. The molecular formula is C27H26F3N5O5. The Balaban J connectivity index is 1.21. The highest BCUT2D eigenvalue weighted by Crippen LogP contribution is 2.36. The molecule has 0 unspecified atom stereocenters. The summed E-state index contributed by atoms with van der Waals surface area (Å²) in [6.07, 6.45) is -1.19. The Bertz CT molecular complexity index is 1390. The number of likely N-dealkylation sites (tertiary alicyclic amines) is 1. The largest absolute Gasteiger partial charge is 0.481 e. The first-order chi connectivity index (χ1) is 19.1. The van der Waals surface area contributed by atoms with Crippen LogP contribution in [0.3, 0.4) is 0 Å². The van der Waals surface area contributed by atoms with Crippen molar-refractivity contribution in [1.29, 1.82) is 0 Å². The van der Waals surface area contributed by atoms with Crippen molar-refractivity contribution in [1.82, 2.24) is 14.9 Å². The zero-order chi connectivity index (χ0) is 28.4. The van der Waals surface area contributed by atoms with Gasteiger partial charge in [-0.2, -0.15) is 13.2 Å². The van der Waals surface area contributed by atoms with Crippen molar-refractivity contribution in [3.8, 4) is 11.5 Å². The molecular weight excluding hydrogens is 531 g/mol. The maximum atomic E-state index is 13.6. The van der Waals surface area contributed by atoms with Gasteiger partial charge in [-0.05, 0) is 43.5 Å². The van der Waals surface area contributed by atoms with Gasteiger partial charge in [-0.25, -0.2) is 9.97 Å². The number of benzene rings is 1. The molecule has 5 rings (SSSR count). The van der Waals surface area contributed by atoms with Gasteiger partial charge < -0.3 is 25.1 Å². The van der Waals surface area contributed by atoms with Crippen molar-refractivity contribution in [3.05, 3.63) is 60.1 Å². The molecule has 1 saturated carbocycles. The molecule has 1 aromatic carbocycles. The lowest BCUT2D eigenvalue weighted by atomic mass is 9.95. The van der Waals surface area contributed by atoms with E-state index in [4.69, 9.17) is 4.42 Å². The van der Waals surface area contributed by atoms with Crippen molar-refractivity contribution in [2.24, 2.45) is 11.8 Å². The number of halogens is 3. The van der Waals surface area contributed by atoms with Gasteiger partial charge in [0.05, 0.1) is 23.7 Å². The smallest absolute Gasteiger partial charge is 0.452 e. The van der Waals surface area contributed by atoms with Crippen LogP contribution in [0.1, 0.15) is 41.9 Å². The second kappa shape index (κ2) is 11.0. The second-order valence-electron chi connectivity index (χ2n) is 9.84. The predicted octanol–water partition coefficient (Wildman–Crippen LogP) is 4.52. The first-order valence-corrected chi connectivity index (χ1v) is 12.8. The average Bonchev–Trinajstić information content (AvgIpc) is 3.69. The zero-order valence-electron chi connectivity index (χ0n) is 21.1. The van der Waals surface area contributed by atoms with E-state index >= 15 is 0 Å². The first-order valence-electron chi connectivity index (χ1n) is 12.8. The minimum Gasteiger partial charge on any atom is -0.481 e. The summed E-state index contributed by atoms with van der Waals surface area (Å²) in [5, 5.41) is 15.0. The third-order valence-corrected chi connectivity index (χ3v) is 7.14. The molecule has 1 aliphatic carbocycles. The van der Waals surface area contributed by atoms with Gasteiger partial charge in [0.2, 0.25) is 17.6 Å². The summed E-state index contributed by atoms with van der Waals surface area (Å²) >= 11 is 0. The van der Waals surface area contributed by atoms with E-state index in [1.165, 1.54) is 24.4 Å². The standard InChI is InChI=1S/C27H26F3N5O5/c28-27(29,30)22-21(34-24(40-22)15-5-2-1-3-6-15)23(36)33-16-9-10-20(31-13-16)32-17-11-12-35(14-17)25(37)18-7-4-8-19(18)26(38)39/h1-3,5-6,9-10,13,17-19H,4,7-8,11-12,14H2,(H,31,32)(H,33,36)(H,38,39)/t17-,18+,19+/m0/s1. The van der Waals surface area contributed by atoms with E-state index in [0.717, 1.165) is 6.42 Å². The minimum atomic E-state index is -4.93. The zero-order valence-corrected chi connectivity index (χ0v) is 21.1. The molecule has 0 spiro atoms. The molecule has 2 aromatic heterocycles. The van der Waals surface area contributed by atoms with Crippen molar-refractivity contribution >= 4 is 29.3 Å². The molecule has 13 heteroatoms. The van der Waals surface area contributed by atoms with Gasteiger partial charge >= 0.3 is 12.1 Å². The lowest BCUT2D eigenvalue weighted by molar-refractivity contribution is -0.153. The number of alkyl halides is 3. The number of carboxylic acids is 1. The number of hydrogen-bond donors (Lipinski definition) is 3. The van der Waals surface area contributed by atoms with E-state index in [9.17, 15) is 32.7 Å². The van der Waals surface area contributed by atoms with E-state index in [-0.39, 0.29) is 23.5 Å². The number of hydrogen-bond acceptors (Lipinski definition) is 7. The van der Waals surface area contributed by atoms with Crippen molar-refractivity contribution < 1.29 is 37.1 Å². The van der Waals surface area contributed by atoms with Crippen molar-refractivity contribution in [2.45, 2.75) is 37.9 Å². The van der Waals surface area contributed by atoms with Crippen LogP contribution in [0.4, 0.5) is 24.7 Å². The van der Waals surface area contributed by atoms with E-state index in [1.54, 1.807) is 29.2 Å². The van der Waals surface area contributed by atoms with Crippen LogP contribution in [-0.2, 0) is 15.8 Å². The van der Waals surface area contributed by atoms with Crippen molar-refractivity contribution in [3.63, 3.8) is 0 Å². The SMILES string of the molecule is O=C(Nc1ccc(N[C@H]2CCN(C(=O)[C@@H]3CCC[C@H]3C(=O)O)C2)nc1)c1nc(-c2ccccc2)oc1C(F)(F)F. The molecule has 2 amide bonds. The maximum absolute atomic E-state index is 13.6. The highest BCUT2D eigenvalue weighted by molar-refractivity contribution is 6.04. The Hall–Kier alpha value is -4.42. The summed E-state index contributed by atoms with van der Waals surface area (Å²) in [7, 11) is 0. The van der Waals surface area contributed by atoms with Crippen LogP contribution in [0, 0.1) is 11.8 Å². The van der Waals surface area contributed by atoms with Gasteiger partial charge in [0.15, 0.2) is 5.69 Å². The van der Waals surface area contributed by atoms with Crippen LogP contribution < -0.4 is 10.6 Å². The number of amides is 2. The second-order valence-corrected chi connectivity index (χ2v) is 9.84. The lowest BCUT2D eigenvalue weighted by Crippen LogP contribution is -2.39. The number of carbonyl (C=O) groups excluding carboxylic acids is 2. The molecule has 10 nitrogen and oxygen atoms in total. The third kappa shape index (κ3) is 5.77. The normalized spacial score (nSPS) is 20.9. The summed E-state index contributed by atoms with van der Waals surface area (Å²) < 4.78 is 45.6. The Kier molecular flexibility index (Phi) is 7.46. The number of aromatic nitrogens is 2. The minimum absolute atomic E-state index is 0.109. The molecule has 0 bridgehead atoms. The highest BCUT2D eigenvalue weighted by atomic mass is 19.4. The summed E-state index contributed by atoms with van der Waals surface area (Å²) in [5.41, 5.74) is -0.449. The molecule has 0 radical (unpaired) electrons. The fraction of sp³-hybridized carbons (Fsp3) is 0.370. The fourth-order valence-electron chi connectivity index (χ4n) is 5.19. The number of aliphatic carboxylic acids is 1. The topological polar surface area (TPSA) is 138 Å². The third-order valence-electron chi connectivity index (χ3n) is 7.14. The van der Waals surface area contributed by atoms with Crippen molar-refractivity contribution in [2.75, 3.05) is 23.7 Å². The predicted molar refractivity (Wildman–Crippen MR) is 136 cm³/mol. The van der Waals surface area contributed by atoms with Gasteiger partial charge in [0, 0.05) is 24.7 Å². The Labute approximate surface area is 226 Å². The Morgan fingerprint density at radius 1 is 1.02 bits per heavy atom. The van der Waals surface area contributed by atoms with E-state index in [2.05, 4.69) is 20.6 Å². The molecule has 1 saturated heterocycles. The van der Waals surface area contributed by atoms with Crippen LogP contribution in [0.25, 0.3) is 11.5 Å². The number of nitrogens with one attached hydrogen (secondary N) is 2. The molecule has 3 atom stereocenters. The van der Waals surface area contributed by atoms with Gasteiger partial charge in [0.25, 0.3) is 5.91 Å². The first kappa shape index (κ1) is 27.2. The van der Waals surface area contributed by atoms with Gasteiger partial charge in [-0.1, -0.05) is 24.6 Å². The number of carbonyl (C=O) groups is 3. The summed E-state index contributed by atoms with van der Waals surface area (Å²) in [6.45, 7) is 0.898. The van der Waals surface area contributed by atoms with Crippen LogP contribution >= 0.6 is 0 Å². The molecule has 2 fully saturated rings. The average molecular weight is 558 g/mol. The highest BCUT2D eigenvalue weighted by Gasteiger charge is 2.43. The van der Waals surface area contributed by atoms with Gasteiger partial charge in [-0.15, -0.1) is 0 Å². The molecule has 1 aliphatic heterocycles. The van der Waals surface area contributed by atoms with Crippen LogP contribution in [0.2, 0.25) is 0 Å². The maximum Gasteiger partial charge on any atom is 0.452 e. The quantitative estimate of drug-likeness (QED) is 0.386. The van der Waals surface area contributed by atoms with Crippen LogP contribution in [-0.4, -0.2) is 56.9 Å².